The molecule has 0 saturated carbocycles. The molecule has 5 rings (SSSR count). The predicted molar refractivity (Wildman–Crippen MR) is 139 cm³/mol. The number of aliphatic hydroxyl groups excluding tert-OH is 6. The standard InChI is InChI=1S/C27H30O15/c1-37-16-4-10(2-3-12(16)29)15-7-14(31)20-13(30)5-11(6-17(20)40-15)39-27-25(36)23(34)22(33)19(42-27)9-38-26-24(35)21(32)18(8-28)41-26/h2-7,18-19,21-30,32-36H,8-9H2,1H3/t18-,19-,21-,22-,23+,24-,25-,26-,27-/m1/s1. The molecule has 0 spiro atoms. The van der Waals surface area contributed by atoms with Crippen molar-refractivity contribution in [2.45, 2.75) is 55.3 Å². The summed E-state index contributed by atoms with van der Waals surface area (Å²) in [5.74, 6) is -0.563. The average molecular weight is 595 g/mol. The van der Waals surface area contributed by atoms with Gasteiger partial charge in [-0.1, -0.05) is 0 Å². The van der Waals surface area contributed by atoms with Crippen LogP contribution in [0.3, 0.4) is 0 Å². The molecule has 2 aromatic carbocycles. The summed E-state index contributed by atoms with van der Waals surface area (Å²) in [5, 5.41) is 80.8. The van der Waals surface area contributed by atoms with Crippen LogP contribution in [0, 0.1) is 0 Å². The number of hydrogen-bond donors (Lipinski definition) is 8. The third-order valence-corrected chi connectivity index (χ3v) is 7.09. The number of benzene rings is 2. The summed E-state index contributed by atoms with van der Waals surface area (Å²) >= 11 is 0. The summed E-state index contributed by atoms with van der Waals surface area (Å²) < 4.78 is 32.8. The minimum Gasteiger partial charge on any atom is -0.507 e. The monoisotopic (exact) mass is 594 g/mol. The van der Waals surface area contributed by atoms with Crippen LogP contribution >= 0.6 is 0 Å². The third-order valence-electron chi connectivity index (χ3n) is 7.09. The Labute approximate surface area is 236 Å². The Bertz CT molecular complexity index is 1470. The second kappa shape index (κ2) is 12.0. The van der Waals surface area contributed by atoms with Crippen LogP contribution in [0.2, 0.25) is 0 Å². The first-order valence-electron chi connectivity index (χ1n) is 12.8. The topological polar surface area (TPSA) is 238 Å². The number of aromatic hydroxyl groups is 2. The van der Waals surface area contributed by atoms with E-state index in [-0.39, 0.29) is 34.0 Å². The van der Waals surface area contributed by atoms with Gasteiger partial charge < -0.3 is 69.0 Å². The van der Waals surface area contributed by atoms with Crippen LogP contribution in [-0.2, 0) is 14.2 Å². The zero-order valence-corrected chi connectivity index (χ0v) is 22.0. The van der Waals surface area contributed by atoms with Crippen LogP contribution in [0.4, 0.5) is 0 Å². The summed E-state index contributed by atoms with van der Waals surface area (Å²) in [6, 6.07) is 7.75. The fourth-order valence-corrected chi connectivity index (χ4v) is 4.76. The molecule has 1 aromatic heterocycles. The van der Waals surface area contributed by atoms with Crippen LogP contribution in [0.25, 0.3) is 22.3 Å². The maximum absolute atomic E-state index is 12.8. The normalized spacial score (nSPS) is 31.4. The largest absolute Gasteiger partial charge is 0.507 e. The molecule has 2 fully saturated rings. The lowest BCUT2D eigenvalue weighted by molar-refractivity contribution is -0.290. The minimum atomic E-state index is -1.77. The van der Waals surface area contributed by atoms with E-state index in [2.05, 4.69) is 0 Å². The fraction of sp³-hybridized carbons (Fsp3) is 0.444. The van der Waals surface area contributed by atoms with Gasteiger partial charge >= 0.3 is 0 Å². The Kier molecular flexibility index (Phi) is 8.56. The number of ether oxygens (including phenoxy) is 5. The Balaban J connectivity index is 1.37. The molecule has 0 radical (unpaired) electrons. The molecule has 8 N–H and O–H groups in total. The van der Waals surface area contributed by atoms with Crippen molar-refractivity contribution in [3.63, 3.8) is 0 Å². The highest BCUT2D eigenvalue weighted by Gasteiger charge is 2.47. The van der Waals surface area contributed by atoms with E-state index in [1.54, 1.807) is 0 Å². The maximum Gasteiger partial charge on any atom is 0.229 e. The smallest absolute Gasteiger partial charge is 0.229 e. The first-order chi connectivity index (χ1) is 20.0. The second-order valence-corrected chi connectivity index (χ2v) is 9.85. The molecular formula is C27H30O15. The van der Waals surface area contributed by atoms with Gasteiger partial charge in [-0.15, -0.1) is 0 Å². The number of methoxy groups -OCH3 is 1. The van der Waals surface area contributed by atoms with Gasteiger partial charge in [-0.25, -0.2) is 0 Å². The molecule has 3 aromatic rings. The van der Waals surface area contributed by atoms with Crippen molar-refractivity contribution in [1.82, 2.24) is 0 Å². The molecule has 3 heterocycles. The Morgan fingerprint density at radius 1 is 0.810 bits per heavy atom. The van der Waals surface area contributed by atoms with Crippen molar-refractivity contribution in [3.8, 4) is 34.3 Å². The van der Waals surface area contributed by atoms with E-state index in [9.17, 15) is 45.6 Å². The van der Waals surface area contributed by atoms with Crippen molar-refractivity contribution < 1.29 is 69.0 Å². The van der Waals surface area contributed by atoms with Gasteiger partial charge in [0, 0.05) is 23.8 Å². The first kappa shape index (κ1) is 30.0. The molecule has 228 valence electrons. The molecule has 42 heavy (non-hydrogen) atoms. The number of phenolic OH excluding ortho intramolecular Hbond substituents is 2. The van der Waals surface area contributed by atoms with Gasteiger partial charge in [0.05, 0.1) is 20.3 Å². The fourth-order valence-electron chi connectivity index (χ4n) is 4.76. The van der Waals surface area contributed by atoms with E-state index in [1.165, 1.54) is 31.4 Å². The highest BCUT2D eigenvalue weighted by Crippen LogP contribution is 2.35. The van der Waals surface area contributed by atoms with Gasteiger partial charge in [0.15, 0.2) is 23.2 Å². The third kappa shape index (κ3) is 5.61. The van der Waals surface area contributed by atoms with Gasteiger partial charge in [-0.3, -0.25) is 4.79 Å². The van der Waals surface area contributed by atoms with Crippen molar-refractivity contribution in [2.75, 3.05) is 20.3 Å². The van der Waals surface area contributed by atoms with Gasteiger partial charge in [-0.2, -0.15) is 0 Å². The highest BCUT2D eigenvalue weighted by molar-refractivity contribution is 5.86. The lowest BCUT2D eigenvalue weighted by Crippen LogP contribution is -2.60. The molecule has 0 bridgehead atoms. The average Bonchev–Trinajstić information content (AvgIpc) is 3.24. The van der Waals surface area contributed by atoms with Crippen molar-refractivity contribution in [2.24, 2.45) is 0 Å². The van der Waals surface area contributed by atoms with Gasteiger partial charge in [-0.05, 0) is 18.2 Å². The number of hydrogen-bond acceptors (Lipinski definition) is 15. The Morgan fingerprint density at radius 3 is 2.19 bits per heavy atom. The number of rotatable bonds is 8. The second-order valence-electron chi connectivity index (χ2n) is 9.85. The van der Waals surface area contributed by atoms with E-state index < -0.39 is 79.7 Å². The summed E-state index contributed by atoms with van der Waals surface area (Å²) in [7, 11) is 1.36. The molecule has 0 amide bonds. The molecule has 2 aliphatic heterocycles. The van der Waals surface area contributed by atoms with Gasteiger partial charge in [0.25, 0.3) is 0 Å². The lowest BCUT2D eigenvalue weighted by atomic mass is 9.99. The summed E-state index contributed by atoms with van der Waals surface area (Å²) in [5.41, 5.74) is -0.304. The number of phenols is 2. The SMILES string of the molecule is COc1cc(-c2cc(=O)c3c(O)cc(O[C@@H]4O[C@H](CO[C@@H]5O[C@H](CO)[C@@H](O)[C@H]5O)[C@@H](O)[C@H](O)[C@H]4O)cc3o2)ccc1O. The molecule has 15 heteroatoms. The number of fused-ring (bicyclic) bond motifs is 1. The maximum atomic E-state index is 12.8. The molecular weight excluding hydrogens is 564 g/mol. The van der Waals surface area contributed by atoms with Gasteiger partial charge in [0.1, 0.15) is 71.0 Å². The van der Waals surface area contributed by atoms with E-state index in [1.807, 2.05) is 0 Å². The Hall–Kier alpha value is -3.51. The van der Waals surface area contributed by atoms with Crippen LogP contribution in [-0.4, -0.2) is 116 Å². The Morgan fingerprint density at radius 2 is 1.50 bits per heavy atom. The summed E-state index contributed by atoms with van der Waals surface area (Å²) in [6.45, 7) is -1.07. The molecule has 2 aliphatic rings. The van der Waals surface area contributed by atoms with E-state index >= 15 is 0 Å². The molecule has 0 aliphatic carbocycles. The van der Waals surface area contributed by atoms with Crippen molar-refractivity contribution >= 4 is 11.0 Å². The van der Waals surface area contributed by atoms with Gasteiger partial charge in [0.2, 0.25) is 6.29 Å². The van der Waals surface area contributed by atoms with Crippen LogP contribution in [0.15, 0.2) is 45.6 Å². The zero-order valence-electron chi connectivity index (χ0n) is 22.0. The molecule has 9 atom stereocenters. The zero-order chi connectivity index (χ0) is 30.3. The van der Waals surface area contributed by atoms with E-state index in [0.717, 1.165) is 12.1 Å². The summed E-state index contributed by atoms with van der Waals surface area (Å²) in [4.78, 5) is 12.8. The van der Waals surface area contributed by atoms with E-state index in [0.29, 0.717) is 5.56 Å². The predicted octanol–water partition coefficient (Wildman–Crippen LogP) is -1.48. The summed E-state index contributed by atoms with van der Waals surface area (Å²) in [6.07, 6.45) is -13.5. The van der Waals surface area contributed by atoms with E-state index in [4.69, 9.17) is 28.1 Å². The molecule has 15 nitrogen and oxygen atoms in total. The first-order valence-corrected chi connectivity index (χ1v) is 12.8. The van der Waals surface area contributed by atoms with Crippen molar-refractivity contribution in [3.05, 3.63) is 46.6 Å². The number of aliphatic hydroxyl groups is 6. The van der Waals surface area contributed by atoms with Crippen LogP contribution in [0.5, 0.6) is 23.0 Å². The lowest BCUT2D eigenvalue weighted by Gasteiger charge is -2.40. The minimum absolute atomic E-state index is 0.0805. The molecule has 0 unspecified atom stereocenters. The van der Waals surface area contributed by atoms with Crippen molar-refractivity contribution in [1.29, 1.82) is 0 Å². The van der Waals surface area contributed by atoms with Crippen LogP contribution < -0.4 is 14.9 Å². The molecule has 2 saturated heterocycles. The highest BCUT2D eigenvalue weighted by atomic mass is 16.7. The van der Waals surface area contributed by atoms with Crippen LogP contribution in [0.1, 0.15) is 0 Å². The quantitative estimate of drug-likeness (QED) is 0.148.